The first-order valence-corrected chi connectivity index (χ1v) is 19.8. The zero-order chi connectivity index (χ0) is 45.6. The second kappa shape index (κ2) is 17.9. The van der Waals surface area contributed by atoms with E-state index in [9.17, 15) is 43.7 Å². The van der Waals surface area contributed by atoms with Gasteiger partial charge in [0.05, 0.1) is 35.7 Å². The summed E-state index contributed by atoms with van der Waals surface area (Å²) < 4.78 is 69.3. The number of nitrogens with one attached hydrogen (secondary N) is 6. The number of aliphatic hydroxyl groups is 2. The van der Waals surface area contributed by atoms with Gasteiger partial charge in [-0.1, -0.05) is 13.8 Å². The van der Waals surface area contributed by atoms with Crippen LogP contribution in [0.1, 0.15) is 70.0 Å². The number of hydrogen-bond acceptors (Lipinski definition) is 8. The quantitative estimate of drug-likeness (QED) is 0.0898. The standard InChI is InChI=1S/C42H56F2N8O6/c1-7-33(49-39(55)21(3)45-5)41(57)51-19-27(53)15-25(51)17-31-29-11-9-23(43)13-35(29)47-37(31)38-32(30-12-10-24(44)14-36(30)48-38)18-26-16-28(54)20-52(26)42(58)34(8-2)50-40(56)22(4)46-6/h9-14,21-22,25-28,33-34,45-48,53-54H,7-8,15-20H2,1-6H3,(H,49,55)(H,50,56)/t21-,22-,25-,26-,27-,28-,33-,34-/m0/s1/i17D2,18D2. The molecule has 0 bridgehead atoms. The maximum atomic E-state index is 15.0. The minimum absolute atomic E-state index is 0.0702. The lowest BCUT2D eigenvalue weighted by atomic mass is 9.94. The van der Waals surface area contributed by atoms with Crippen molar-refractivity contribution in [3.8, 4) is 11.4 Å². The molecule has 16 heteroatoms. The third-order valence-electron chi connectivity index (χ3n) is 11.2. The molecule has 4 aromatic rings. The number of aromatic amines is 2. The summed E-state index contributed by atoms with van der Waals surface area (Å²) in [6.45, 7) is 6.08. The number of amides is 4. The Labute approximate surface area is 342 Å². The van der Waals surface area contributed by atoms with Gasteiger partial charge < -0.3 is 51.2 Å². The van der Waals surface area contributed by atoms with Crippen molar-refractivity contribution in [1.29, 1.82) is 0 Å². The van der Waals surface area contributed by atoms with E-state index >= 15 is 0 Å². The third-order valence-corrected chi connectivity index (χ3v) is 11.2. The number of aliphatic hydroxyl groups excluding tert-OH is 2. The molecule has 2 aromatic carbocycles. The molecule has 2 aliphatic heterocycles. The highest BCUT2D eigenvalue weighted by atomic mass is 19.1. The van der Waals surface area contributed by atoms with Gasteiger partial charge in [-0.05, 0) is 114 Å². The number of aromatic nitrogens is 2. The fraction of sp³-hybridized carbons (Fsp3) is 0.524. The Morgan fingerprint density at radius 1 is 0.741 bits per heavy atom. The zero-order valence-electron chi connectivity index (χ0n) is 37.5. The fourth-order valence-corrected chi connectivity index (χ4v) is 7.67. The molecule has 0 saturated carbocycles. The van der Waals surface area contributed by atoms with E-state index in [0.717, 1.165) is 24.3 Å². The average Bonchev–Trinajstić information content (AvgIpc) is 4.03. The normalized spacial score (nSPS) is 23.2. The van der Waals surface area contributed by atoms with Crippen LogP contribution in [-0.2, 0) is 31.9 Å². The molecule has 58 heavy (non-hydrogen) atoms. The number of carbonyl (C=O) groups is 4. The summed E-state index contributed by atoms with van der Waals surface area (Å²) in [5, 5.41) is 33.4. The summed E-state index contributed by atoms with van der Waals surface area (Å²) in [5.74, 6) is -3.53. The summed E-state index contributed by atoms with van der Waals surface area (Å²) >= 11 is 0. The van der Waals surface area contributed by atoms with Crippen LogP contribution in [-0.4, -0.2) is 129 Å². The van der Waals surface area contributed by atoms with E-state index in [2.05, 4.69) is 31.2 Å². The first kappa shape index (κ1) is 37.4. The van der Waals surface area contributed by atoms with Crippen molar-refractivity contribution in [1.82, 2.24) is 41.0 Å². The molecule has 14 nitrogen and oxygen atoms in total. The molecule has 2 aliphatic rings. The number of β-amino-alcohol motifs (C(OH)–C–C–N with tert-alkyl or cyclic N) is 2. The Balaban J connectivity index is 1.52. The molecule has 0 unspecified atom stereocenters. The lowest BCUT2D eigenvalue weighted by Gasteiger charge is -2.30. The lowest BCUT2D eigenvalue weighted by Crippen LogP contribution is -2.53. The number of likely N-dealkylation sites (N-methyl/N-ethyl adjacent to an activating group) is 2. The monoisotopic (exact) mass is 810 g/mol. The third kappa shape index (κ3) is 8.75. The molecule has 314 valence electrons. The number of benzene rings is 2. The largest absolute Gasteiger partial charge is 0.391 e. The minimum atomic E-state index is -2.58. The first-order chi connectivity index (χ1) is 29.2. The Kier molecular flexibility index (Phi) is 11.6. The number of fused-ring (bicyclic) bond motifs is 2. The topological polar surface area (TPSA) is 195 Å². The van der Waals surface area contributed by atoms with Crippen LogP contribution in [0.15, 0.2) is 36.4 Å². The van der Waals surface area contributed by atoms with Crippen LogP contribution >= 0.6 is 0 Å². The van der Waals surface area contributed by atoms with Gasteiger partial charge in [0.1, 0.15) is 23.7 Å². The molecule has 6 rings (SSSR count). The number of nitrogens with zero attached hydrogens (tertiary/aromatic N) is 2. The van der Waals surface area contributed by atoms with Gasteiger partial charge in [-0.25, -0.2) is 8.78 Å². The van der Waals surface area contributed by atoms with Gasteiger partial charge in [-0.2, -0.15) is 0 Å². The number of H-pyrrole nitrogens is 2. The summed E-state index contributed by atoms with van der Waals surface area (Å²) in [4.78, 5) is 62.7. The molecular weight excluding hydrogens is 751 g/mol. The predicted molar refractivity (Wildman–Crippen MR) is 217 cm³/mol. The van der Waals surface area contributed by atoms with Crippen LogP contribution in [0.25, 0.3) is 33.2 Å². The SMILES string of the molecule is [2H]C([2H])(c1c(-c2[nH]c3cc(F)ccc3c2C([2H])([2H])[C@@H]2C[C@H](O)CN2C(=O)[C@H](CC)NC(=O)[C@H](C)NC)[nH]c2cc(F)ccc12)[C@@H]1C[C@H](O)CN1C(=O)[C@H](CC)NC(=O)[C@H](C)NC. The molecule has 0 spiro atoms. The van der Waals surface area contributed by atoms with Gasteiger partial charge in [0, 0.05) is 52.5 Å². The highest BCUT2D eigenvalue weighted by Crippen LogP contribution is 2.40. The minimum Gasteiger partial charge on any atom is -0.391 e. The van der Waals surface area contributed by atoms with Crippen molar-refractivity contribution in [2.24, 2.45) is 0 Å². The van der Waals surface area contributed by atoms with Crippen molar-refractivity contribution >= 4 is 45.4 Å². The molecule has 4 heterocycles. The van der Waals surface area contributed by atoms with Crippen LogP contribution in [0.2, 0.25) is 0 Å². The number of likely N-dealkylation sites (tertiary alicyclic amines) is 2. The van der Waals surface area contributed by atoms with E-state index < -0.39 is 96.5 Å². The summed E-state index contributed by atoms with van der Waals surface area (Å²) in [5.41, 5.74) is -0.172. The van der Waals surface area contributed by atoms with E-state index in [-0.39, 0.29) is 83.1 Å². The van der Waals surface area contributed by atoms with Crippen molar-refractivity contribution in [3.63, 3.8) is 0 Å². The van der Waals surface area contributed by atoms with Gasteiger partial charge in [-0.15, -0.1) is 0 Å². The highest BCUT2D eigenvalue weighted by Gasteiger charge is 2.41. The van der Waals surface area contributed by atoms with Crippen LogP contribution in [0.5, 0.6) is 0 Å². The van der Waals surface area contributed by atoms with Crippen LogP contribution in [0, 0.1) is 11.6 Å². The van der Waals surface area contributed by atoms with Crippen molar-refractivity contribution in [2.45, 2.75) is 115 Å². The summed E-state index contributed by atoms with van der Waals surface area (Å²) in [6, 6.07) is 1.09. The van der Waals surface area contributed by atoms with Gasteiger partial charge in [-0.3, -0.25) is 19.2 Å². The molecule has 0 aliphatic carbocycles. The fourth-order valence-electron chi connectivity index (χ4n) is 7.67. The van der Waals surface area contributed by atoms with Gasteiger partial charge >= 0.3 is 0 Å². The molecule has 2 saturated heterocycles. The predicted octanol–water partition coefficient (Wildman–Crippen LogP) is 2.61. The molecular formula is C42H56F2N8O6. The Hall–Kier alpha value is -4.90. The maximum absolute atomic E-state index is 15.0. The zero-order valence-corrected chi connectivity index (χ0v) is 33.5. The summed E-state index contributed by atoms with van der Waals surface area (Å²) in [6.07, 6.45) is -7.62. The Bertz CT molecular complexity index is 2180. The van der Waals surface area contributed by atoms with Crippen LogP contribution < -0.4 is 21.3 Å². The Morgan fingerprint density at radius 3 is 1.47 bits per heavy atom. The second-order valence-electron chi connectivity index (χ2n) is 15.2. The molecule has 2 aromatic heterocycles. The van der Waals surface area contributed by atoms with Crippen LogP contribution in [0.4, 0.5) is 8.78 Å². The van der Waals surface area contributed by atoms with Crippen molar-refractivity contribution in [3.05, 3.63) is 59.2 Å². The van der Waals surface area contributed by atoms with E-state index in [0.29, 0.717) is 0 Å². The maximum Gasteiger partial charge on any atom is 0.245 e. The first-order valence-electron chi connectivity index (χ1n) is 21.8. The molecule has 8 atom stereocenters. The van der Waals surface area contributed by atoms with Crippen molar-refractivity contribution < 1.29 is 43.7 Å². The number of rotatable bonds is 15. The molecule has 2 fully saturated rings. The van der Waals surface area contributed by atoms with E-state index in [4.69, 9.17) is 0 Å². The second-order valence-corrected chi connectivity index (χ2v) is 15.2. The average molecular weight is 811 g/mol. The molecule has 0 radical (unpaired) electrons. The lowest BCUT2D eigenvalue weighted by molar-refractivity contribution is -0.138. The van der Waals surface area contributed by atoms with E-state index in [1.807, 2.05) is 0 Å². The number of hydrogen-bond donors (Lipinski definition) is 8. The van der Waals surface area contributed by atoms with Gasteiger partial charge in [0.2, 0.25) is 23.6 Å². The summed E-state index contributed by atoms with van der Waals surface area (Å²) in [7, 11) is 3.17. The van der Waals surface area contributed by atoms with E-state index in [1.54, 1.807) is 41.8 Å². The Morgan fingerprint density at radius 2 is 1.12 bits per heavy atom. The number of halogens is 2. The van der Waals surface area contributed by atoms with Gasteiger partial charge in [0.25, 0.3) is 0 Å². The molecule has 4 amide bonds. The van der Waals surface area contributed by atoms with E-state index in [1.165, 1.54) is 21.9 Å². The van der Waals surface area contributed by atoms with Crippen LogP contribution in [0.3, 0.4) is 0 Å². The smallest absolute Gasteiger partial charge is 0.245 e. The number of carbonyl (C=O) groups excluding carboxylic acids is 4. The highest BCUT2D eigenvalue weighted by molar-refractivity contribution is 5.97. The van der Waals surface area contributed by atoms with Crippen molar-refractivity contribution in [2.75, 3.05) is 27.2 Å². The van der Waals surface area contributed by atoms with Gasteiger partial charge in [0.15, 0.2) is 0 Å². The molecule has 8 N–H and O–H groups in total.